The number of aromatic nitrogens is 3. The van der Waals surface area contributed by atoms with Crippen LogP contribution < -0.4 is 20.8 Å². The fourth-order valence-electron chi connectivity index (χ4n) is 2.53. The Hall–Kier alpha value is -3.08. The highest BCUT2D eigenvalue weighted by Crippen LogP contribution is 2.27. The van der Waals surface area contributed by atoms with Gasteiger partial charge in [-0.05, 0) is 31.2 Å². The van der Waals surface area contributed by atoms with E-state index in [9.17, 15) is 9.59 Å². The molecular weight excluding hydrogens is 298 g/mol. The number of anilines is 2. The Kier molecular flexibility index (Phi) is 3.85. The fraction of sp³-hybridized carbons (Fsp3) is 0.333. The van der Waals surface area contributed by atoms with Gasteiger partial charge in [-0.1, -0.05) is 0 Å². The molecule has 0 N–H and O–H groups in total. The van der Waals surface area contributed by atoms with Gasteiger partial charge >= 0.3 is 11.1 Å². The van der Waals surface area contributed by atoms with Crippen LogP contribution in [0.1, 0.15) is 6.92 Å². The maximum absolute atomic E-state index is 12.1. The SMILES string of the molecule is CCOc1ccc(N2CCn3c2nn(CC#N)c(=O)c3=O)cc1. The Bertz CT molecular complexity index is 876. The molecule has 0 spiro atoms. The summed E-state index contributed by atoms with van der Waals surface area (Å²) in [5.74, 6) is 1.13. The van der Waals surface area contributed by atoms with Crippen molar-refractivity contribution in [1.29, 1.82) is 5.26 Å². The molecule has 0 atom stereocenters. The van der Waals surface area contributed by atoms with Gasteiger partial charge in [0.2, 0.25) is 5.95 Å². The molecule has 1 aliphatic heterocycles. The molecule has 0 saturated carbocycles. The average molecular weight is 313 g/mol. The van der Waals surface area contributed by atoms with Crippen LogP contribution in [0, 0.1) is 11.3 Å². The predicted molar refractivity (Wildman–Crippen MR) is 83.0 cm³/mol. The summed E-state index contributed by atoms with van der Waals surface area (Å²) in [5.41, 5.74) is -0.587. The van der Waals surface area contributed by atoms with Gasteiger partial charge in [-0.3, -0.25) is 14.2 Å². The highest BCUT2D eigenvalue weighted by molar-refractivity contribution is 5.59. The van der Waals surface area contributed by atoms with Crippen molar-refractivity contribution in [1.82, 2.24) is 14.3 Å². The summed E-state index contributed by atoms with van der Waals surface area (Å²) in [6, 6.07) is 9.25. The molecule has 8 nitrogen and oxygen atoms in total. The van der Waals surface area contributed by atoms with E-state index in [2.05, 4.69) is 5.10 Å². The maximum atomic E-state index is 12.1. The van der Waals surface area contributed by atoms with Crippen LogP contribution in [0.15, 0.2) is 33.9 Å². The van der Waals surface area contributed by atoms with Gasteiger partial charge in [-0.2, -0.15) is 5.26 Å². The first-order valence-corrected chi connectivity index (χ1v) is 7.25. The lowest BCUT2D eigenvalue weighted by molar-refractivity contribution is 0.340. The zero-order valence-electron chi connectivity index (χ0n) is 12.6. The van der Waals surface area contributed by atoms with Crippen molar-refractivity contribution in [3.8, 4) is 11.8 Å². The molecule has 0 amide bonds. The molecule has 0 aliphatic carbocycles. The number of ether oxygens (including phenoxy) is 1. The smallest absolute Gasteiger partial charge is 0.333 e. The number of hydrogen-bond acceptors (Lipinski definition) is 6. The summed E-state index contributed by atoms with van der Waals surface area (Å²) >= 11 is 0. The van der Waals surface area contributed by atoms with Crippen molar-refractivity contribution in [2.45, 2.75) is 20.0 Å². The molecule has 0 unspecified atom stereocenters. The summed E-state index contributed by atoms with van der Waals surface area (Å²) in [6.07, 6.45) is 0. The monoisotopic (exact) mass is 313 g/mol. The molecular formula is C15H15N5O3. The third kappa shape index (κ3) is 2.57. The highest BCUT2D eigenvalue weighted by Gasteiger charge is 2.25. The molecule has 1 aliphatic rings. The normalized spacial score (nSPS) is 12.8. The molecule has 0 radical (unpaired) electrons. The molecule has 2 aromatic rings. The van der Waals surface area contributed by atoms with Crippen LogP contribution >= 0.6 is 0 Å². The quantitative estimate of drug-likeness (QED) is 0.762. The second-order valence-electron chi connectivity index (χ2n) is 4.96. The van der Waals surface area contributed by atoms with Crippen molar-refractivity contribution in [2.75, 3.05) is 18.1 Å². The zero-order chi connectivity index (χ0) is 16.4. The van der Waals surface area contributed by atoms with Gasteiger partial charge in [0.1, 0.15) is 12.3 Å². The fourth-order valence-corrected chi connectivity index (χ4v) is 2.53. The van der Waals surface area contributed by atoms with Crippen LogP contribution in [0.3, 0.4) is 0 Å². The van der Waals surface area contributed by atoms with E-state index in [1.165, 1.54) is 4.57 Å². The van der Waals surface area contributed by atoms with E-state index in [1.54, 1.807) is 0 Å². The molecule has 0 fully saturated rings. The Labute approximate surface area is 131 Å². The van der Waals surface area contributed by atoms with Gasteiger partial charge in [0.05, 0.1) is 12.7 Å². The minimum Gasteiger partial charge on any atom is -0.494 e. The summed E-state index contributed by atoms with van der Waals surface area (Å²) in [6.45, 7) is 3.17. The van der Waals surface area contributed by atoms with Crippen LogP contribution in [0.4, 0.5) is 11.6 Å². The molecule has 23 heavy (non-hydrogen) atoms. The average Bonchev–Trinajstić information content (AvgIpc) is 2.97. The van der Waals surface area contributed by atoms with E-state index >= 15 is 0 Å². The first-order chi connectivity index (χ1) is 11.2. The van der Waals surface area contributed by atoms with Gasteiger partial charge in [0.25, 0.3) is 0 Å². The second-order valence-corrected chi connectivity index (χ2v) is 4.96. The lowest BCUT2D eigenvalue weighted by atomic mass is 10.3. The molecule has 0 saturated heterocycles. The number of hydrogen-bond donors (Lipinski definition) is 0. The van der Waals surface area contributed by atoms with Crippen molar-refractivity contribution in [2.24, 2.45) is 0 Å². The van der Waals surface area contributed by atoms with Crippen LogP contribution in [-0.4, -0.2) is 27.5 Å². The van der Waals surface area contributed by atoms with Crippen LogP contribution in [0.2, 0.25) is 0 Å². The van der Waals surface area contributed by atoms with E-state index in [0.29, 0.717) is 25.6 Å². The molecule has 118 valence electrons. The van der Waals surface area contributed by atoms with Crippen molar-refractivity contribution in [3.05, 3.63) is 45.0 Å². The number of rotatable bonds is 4. The molecule has 1 aromatic carbocycles. The standard InChI is InChI=1S/C15H15N5O3/c1-2-23-12-5-3-11(4-6-12)18-9-10-19-13(21)14(22)20(8-7-16)17-15(18)19/h3-6H,2,8-10H2,1H3. The zero-order valence-corrected chi connectivity index (χ0v) is 12.6. The Morgan fingerprint density at radius 2 is 1.96 bits per heavy atom. The van der Waals surface area contributed by atoms with Crippen LogP contribution in [0.25, 0.3) is 0 Å². The van der Waals surface area contributed by atoms with E-state index < -0.39 is 11.1 Å². The minimum atomic E-state index is -0.774. The molecule has 0 bridgehead atoms. The molecule has 8 heteroatoms. The lowest BCUT2D eigenvalue weighted by Gasteiger charge is -2.18. The molecule has 2 heterocycles. The third-order valence-electron chi connectivity index (χ3n) is 3.58. The summed E-state index contributed by atoms with van der Waals surface area (Å²) in [7, 11) is 0. The van der Waals surface area contributed by atoms with Crippen LogP contribution in [-0.2, 0) is 13.1 Å². The minimum absolute atomic E-state index is 0.251. The van der Waals surface area contributed by atoms with E-state index in [4.69, 9.17) is 10.00 Å². The molecule has 1 aromatic heterocycles. The predicted octanol–water partition coefficient (Wildman–Crippen LogP) is 0.479. The van der Waals surface area contributed by atoms with Crippen molar-refractivity contribution in [3.63, 3.8) is 0 Å². The lowest BCUT2D eigenvalue weighted by Crippen LogP contribution is -2.42. The Balaban J connectivity index is 2.02. The van der Waals surface area contributed by atoms with E-state index in [0.717, 1.165) is 16.1 Å². The first-order valence-electron chi connectivity index (χ1n) is 7.25. The van der Waals surface area contributed by atoms with Gasteiger partial charge in [0, 0.05) is 18.8 Å². The number of fused-ring (bicyclic) bond motifs is 1. The van der Waals surface area contributed by atoms with Gasteiger partial charge < -0.3 is 9.64 Å². The van der Waals surface area contributed by atoms with E-state index in [1.807, 2.05) is 42.2 Å². The summed E-state index contributed by atoms with van der Waals surface area (Å²) < 4.78 is 7.65. The van der Waals surface area contributed by atoms with Gasteiger partial charge in [-0.15, -0.1) is 5.10 Å². The van der Waals surface area contributed by atoms with Gasteiger partial charge in [0.15, 0.2) is 0 Å². The number of nitrogens with zero attached hydrogens (tertiary/aromatic N) is 5. The van der Waals surface area contributed by atoms with Crippen LogP contribution in [0.5, 0.6) is 5.75 Å². The van der Waals surface area contributed by atoms with Gasteiger partial charge in [-0.25, -0.2) is 4.68 Å². The second kappa shape index (κ2) is 5.96. The van der Waals surface area contributed by atoms with Crippen molar-refractivity contribution >= 4 is 11.6 Å². The Morgan fingerprint density at radius 1 is 1.22 bits per heavy atom. The van der Waals surface area contributed by atoms with E-state index in [-0.39, 0.29) is 6.54 Å². The van der Waals surface area contributed by atoms with Crippen molar-refractivity contribution < 1.29 is 4.74 Å². The molecule has 3 rings (SSSR count). The highest BCUT2D eigenvalue weighted by atomic mass is 16.5. The third-order valence-corrected chi connectivity index (χ3v) is 3.58. The summed E-state index contributed by atoms with van der Waals surface area (Å²) in [4.78, 5) is 25.8. The topological polar surface area (TPSA) is 93.2 Å². The maximum Gasteiger partial charge on any atom is 0.333 e. The summed E-state index contributed by atoms with van der Waals surface area (Å²) in [5, 5.41) is 12.9. The first kappa shape index (κ1) is 14.8. The number of nitriles is 1. The number of benzene rings is 1. The Morgan fingerprint density at radius 3 is 2.61 bits per heavy atom. The largest absolute Gasteiger partial charge is 0.494 e.